The van der Waals surface area contributed by atoms with Crippen LogP contribution in [0.4, 0.5) is 18.0 Å². The summed E-state index contributed by atoms with van der Waals surface area (Å²) in [5.41, 5.74) is 0.714. The number of ether oxygens (including phenoxy) is 1. The van der Waals surface area contributed by atoms with Crippen molar-refractivity contribution in [2.45, 2.75) is 55.4 Å². The van der Waals surface area contributed by atoms with Gasteiger partial charge < -0.3 is 15.4 Å². The van der Waals surface area contributed by atoms with Gasteiger partial charge in [0.1, 0.15) is 6.61 Å². The maximum Gasteiger partial charge on any atom is 0.416 e. The fourth-order valence-corrected chi connectivity index (χ4v) is 6.08. The Balaban J connectivity index is 1.29. The second-order valence-electron chi connectivity index (χ2n) is 10.1. The minimum atomic E-state index is -4.56. The molecular weight excluding hydrogens is 571 g/mol. The first-order valence-corrected chi connectivity index (χ1v) is 15.0. The first-order chi connectivity index (χ1) is 20.0. The van der Waals surface area contributed by atoms with Crippen LogP contribution < -0.4 is 15.4 Å². The zero-order chi connectivity index (χ0) is 30.2. The van der Waals surface area contributed by atoms with E-state index in [1.165, 1.54) is 0 Å². The van der Waals surface area contributed by atoms with E-state index in [0.717, 1.165) is 35.4 Å². The first kappa shape index (κ1) is 31.0. The van der Waals surface area contributed by atoms with Gasteiger partial charge in [0.15, 0.2) is 0 Å². The number of carbonyl (C=O) groups is 2. The lowest BCUT2D eigenvalue weighted by molar-refractivity contribution is -0.137. The summed E-state index contributed by atoms with van der Waals surface area (Å²) in [6, 6.07) is 20.8. The van der Waals surface area contributed by atoms with Gasteiger partial charge in [0.05, 0.1) is 16.5 Å². The van der Waals surface area contributed by atoms with E-state index in [1.807, 2.05) is 60.7 Å². The third-order valence-corrected chi connectivity index (χ3v) is 8.63. The Kier molecular flexibility index (Phi) is 10.2. The van der Waals surface area contributed by atoms with Crippen LogP contribution >= 0.6 is 0 Å². The molecule has 0 bridgehead atoms. The molecule has 3 N–H and O–H groups in total. The van der Waals surface area contributed by atoms with Crippen LogP contribution in [0.5, 0.6) is 0 Å². The van der Waals surface area contributed by atoms with Gasteiger partial charge in [0.2, 0.25) is 15.9 Å². The number of halogens is 3. The Labute approximate surface area is 242 Å². The molecule has 0 heterocycles. The molecule has 0 unspecified atom stereocenters. The van der Waals surface area contributed by atoms with Crippen LogP contribution in [0.3, 0.4) is 0 Å². The molecule has 1 aliphatic carbocycles. The minimum absolute atomic E-state index is 0.103. The summed E-state index contributed by atoms with van der Waals surface area (Å²) in [5, 5.41) is 5.70. The second-order valence-corrected chi connectivity index (χ2v) is 11.8. The van der Waals surface area contributed by atoms with E-state index in [9.17, 15) is 31.2 Å². The van der Waals surface area contributed by atoms with Crippen molar-refractivity contribution < 1.29 is 35.9 Å². The zero-order valence-electron chi connectivity index (χ0n) is 22.6. The lowest BCUT2D eigenvalue weighted by Crippen LogP contribution is -2.43. The quantitative estimate of drug-likeness (QED) is 0.290. The molecule has 3 aromatic carbocycles. The highest BCUT2D eigenvalue weighted by atomic mass is 32.2. The number of benzene rings is 3. The predicted octanol–water partition coefficient (Wildman–Crippen LogP) is 5.33. The van der Waals surface area contributed by atoms with Crippen LogP contribution in [-0.4, -0.2) is 33.0 Å². The van der Waals surface area contributed by atoms with Crippen LogP contribution in [0.15, 0.2) is 89.8 Å². The predicted molar refractivity (Wildman–Crippen MR) is 149 cm³/mol. The molecule has 0 aliphatic heterocycles. The molecule has 4 rings (SSSR count). The lowest BCUT2D eigenvalue weighted by Gasteiger charge is -2.30. The second kappa shape index (κ2) is 13.8. The van der Waals surface area contributed by atoms with E-state index in [4.69, 9.17) is 4.74 Å². The maximum atomic E-state index is 13.2. The molecule has 2 amide bonds. The normalized spacial score (nSPS) is 18.1. The van der Waals surface area contributed by atoms with Gasteiger partial charge in [-0.25, -0.2) is 17.9 Å². The van der Waals surface area contributed by atoms with Crippen molar-refractivity contribution >= 4 is 22.0 Å². The fourth-order valence-electron chi connectivity index (χ4n) is 4.77. The molecule has 0 saturated heterocycles. The van der Waals surface area contributed by atoms with Gasteiger partial charge in [-0.1, -0.05) is 60.7 Å². The van der Waals surface area contributed by atoms with Crippen LogP contribution in [0.2, 0.25) is 0 Å². The summed E-state index contributed by atoms with van der Waals surface area (Å²) < 4.78 is 71.7. The highest BCUT2D eigenvalue weighted by Gasteiger charge is 2.32. The highest BCUT2D eigenvalue weighted by Crippen LogP contribution is 2.30. The fraction of sp³-hybridized carbons (Fsp3) is 0.333. The summed E-state index contributed by atoms with van der Waals surface area (Å²) in [6.45, 7) is 0.215. The molecule has 0 aromatic heterocycles. The third kappa shape index (κ3) is 8.80. The Morgan fingerprint density at radius 1 is 0.857 bits per heavy atom. The molecule has 8 nitrogen and oxygen atoms in total. The summed E-state index contributed by atoms with van der Waals surface area (Å²) in [6.07, 6.45) is -3.57. The lowest BCUT2D eigenvalue weighted by atomic mass is 9.85. The molecule has 0 spiro atoms. The molecule has 224 valence electrons. The Morgan fingerprint density at radius 2 is 1.45 bits per heavy atom. The summed E-state index contributed by atoms with van der Waals surface area (Å²) in [5.74, 6) is -0.583. The number of hydrogen-bond acceptors (Lipinski definition) is 5. The van der Waals surface area contributed by atoms with Gasteiger partial charge >= 0.3 is 12.3 Å². The number of rotatable bonds is 10. The summed E-state index contributed by atoms with van der Waals surface area (Å²) in [4.78, 5) is 25.2. The van der Waals surface area contributed by atoms with Gasteiger partial charge in [-0.2, -0.15) is 13.2 Å². The summed E-state index contributed by atoms with van der Waals surface area (Å²) >= 11 is 0. The molecule has 0 radical (unpaired) electrons. The molecular formula is C30H32F3N3O5S. The van der Waals surface area contributed by atoms with Crippen molar-refractivity contribution in [1.82, 2.24) is 15.4 Å². The van der Waals surface area contributed by atoms with Gasteiger partial charge in [-0.15, -0.1) is 0 Å². The molecule has 12 heteroatoms. The van der Waals surface area contributed by atoms with Crippen LogP contribution in [-0.2, 0) is 32.3 Å². The minimum Gasteiger partial charge on any atom is -0.445 e. The van der Waals surface area contributed by atoms with Crippen molar-refractivity contribution in [1.29, 1.82) is 0 Å². The van der Waals surface area contributed by atoms with Gasteiger partial charge in [-0.05, 0) is 61.1 Å². The topological polar surface area (TPSA) is 114 Å². The third-order valence-electron chi connectivity index (χ3n) is 7.09. The number of amides is 2. The number of nitrogens with one attached hydrogen (secondary N) is 3. The van der Waals surface area contributed by atoms with E-state index < -0.39 is 39.9 Å². The number of alkyl halides is 3. The van der Waals surface area contributed by atoms with E-state index >= 15 is 0 Å². The number of sulfonamides is 1. The number of carbonyl (C=O) groups excluding carboxylic acids is 2. The zero-order valence-corrected chi connectivity index (χ0v) is 23.5. The van der Waals surface area contributed by atoms with E-state index in [-0.39, 0.29) is 29.9 Å². The first-order valence-electron chi connectivity index (χ1n) is 13.5. The van der Waals surface area contributed by atoms with Crippen LogP contribution in [0.25, 0.3) is 0 Å². The molecule has 1 aliphatic rings. The Hall–Kier alpha value is -3.90. The number of alkyl carbamates (subject to hydrolysis) is 1. The van der Waals surface area contributed by atoms with Gasteiger partial charge in [0.25, 0.3) is 0 Å². The highest BCUT2D eigenvalue weighted by molar-refractivity contribution is 7.89. The van der Waals surface area contributed by atoms with Gasteiger partial charge in [0, 0.05) is 18.5 Å². The maximum absolute atomic E-state index is 13.2. The average Bonchev–Trinajstić information content (AvgIpc) is 2.99. The van der Waals surface area contributed by atoms with Crippen LogP contribution in [0.1, 0.15) is 48.4 Å². The molecule has 1 saturated carbocycles. The standard InChI is InChI=1S/C30H32F3N3O5S/c31-30(32,33)24-13-17-26(18-14-24)42(39,40)36-25-15-11-23(12-16-25)28(37)35-27(22-9-5-2-6-10-22)19-34-29(38)41-20-21-7-3-1-4-8-21/h1-10,13-14,17-18,23,25,27,36H,11-12,15-16,19-20H2,(H,34,38)(H,35,37)/t23?,25?,27-/m1/s1. The van der Waals surface area contributed by atoms with Crippen molar-refractivity contribution in [3.05, 3.63) is 102 Å². The summed E-state index contributed by atoms with van der Waals surface area (Å²) in [7, 11) is -4.02. The average molecular weight is 604 g/mol. The van der Waals surface area contributed by atoms with E-state index in [2.05, 4.69) is 15.4 Å². The van der Waals surface area contributed by atoms with Gasteiger partial charge in [-0.3, -0.25) is 4.79 Å². The largest absolute Gasteiger partial charge is 0.445 e. The molecule has 1 atom stereocenters. The van der Waals surface area contributed by atoms with Crippen molar-refractivity contribution in [3.8, 4) is 0 Å². The smallest absolute Gasteiger partial charge is 0.416 e. The molecule has 42 heavy (non-hydrogen) atoms. The Bertz CT molecular complexity index is 1430. The van der Waals surface area contributed by atoms with Crippen LogP contribution in [0, 0.1) is 5.92 Å². The van der Waals surface area contributed by atoms with E-state index in [0.29, 0.717) is 25.7 Å². The van der Waals surface area contributed by atoms with Crippen molar-refractivity contribution in [2.75, 3.05) is 6.54 Å². The molecule has 1 fully saturated rings. The number of hydrogen-bond donors (Lipinski definition) is 3. The Morgan fingerprint density at radius 3 is 2.05 bits per heavy atom. The van der Waals surface area contributed by atoms with Crippen molar-refractivity contribution in [3.63, 3.8) is 0 Å². The SMILES string of the molecule is O=C(NC[C@@H](NC(=O)C1CCC(NS(=O)(=O)c2ccc(C(F)(F)F)cc2)CC1)c1ccccc1)OCc1ccccc1. The van der Waals surface area contributed by atoms with E-state index in [1.54, 1.807) is 0 Å². The molecule has 3 aromatic rings. The van der Waals surface area contributed by atoms with Crippen molar-refractivity contribution in [2.24, 2.45) is 5.92 Å². The monoisotopic (exact) mass is 603 g/mol.